The van der Waals surface area contributed by atoms with Crippen molar-refractivity contribution in [3.8, 4) is 0 Å². The molecule has 0 aliphatic carbocycles. The van der Waals surface area contributed by atoms with Gasteiger partial charge in [0.2, 0.25) is 0 Å². The van der Waals surface area contributed by atoms with Crippen LogP contribution in [0.15, 0.2) is 0 Å². The van der Waals surface area contributed by atoms with Crippen molar-refractivity contribution < 1.29 is 9.90 Å². The molecule has 0 radical (unpaired) electrons. The zero-order valence-electron chi connectivity index (χ0n) is 8.45. The SMILES string of the molecule is CC(O)CNC(=O)NC1CCSCC1. The Bertz CT molecular complexity index is 182. The van der Waals surface area contributed by atoms with Crippen molar-refractivity contribution in [1.82, 2.24) is 10.6 Å². The van der Waals surface area contributed by atoms with Crippen LogP contribution in [0.1, 0.15) is 19.8 Å². The summed E-state index contributed by atoms with van der Waals surface area (Å²) in [4.78, 5) is 11.3. The van der Waals surface area contributed by atoms with Crippen molar-refractivity contribution >= 4 is 17.8 Å². The molecule has 0 aromatic carbocycles. The molecule has 4 nitrogen and oxygen atoms in total. The lowest BCUT2D eigenvalue weighted by Gasteiger charge is -2.22. The molecule has 1 rings (SSSR count). The predicted octanol–water partition coefficient (Wildman–Crippen LogP) is 0.562. The molecule has 1 aliphatic rings. The van der Waals surface area contributed by atoms with Gasteiger partial charge in [-0.15, -0.1) is 0 Å². The number of aliphatic hydroxyl groups is 1. The molecule has 1 aliphatic heterocycles. The van der Waals surface area contributed by atoms with Gasteiger partial charge in [0, 0.05) is 12.6 Å². The van der Waals surface area contributed by atoms with Crippen molar-refractivity contribution in [2.75, 3.05) is 18.1 Å². The number of hydrogen-bond acceptors (Lipinski definition) is 3. The van der Waals surface area contributed by atoms with E-state index in [4.69, 9.17) is 5.11 Å². The van der Waals surface area contributed by atoms with Crippen LogP contribution in [-0.4, -0.2) is 41.3 Å². The standard InChI is InChI=1S/C9H18N2O2S/c1-7(12)6-10-9(13)11-8-2-4-14-5-3-8/h7-8,12H,2-6H2,1H3,(H2,10,11,13). The summed E-state index contributed by atoms with van der Waals surface area (Å²) in [5.74, 6) is 2.25. The van der Waals surface area contributed by atoms with Crippen molar-refractivity contribution in [3.05, 3.63) is 0 Å². The van der Waals surface area contributed by atoms with Crippen LogP contribution in [0.4, 0.5) is 4.79 Å². The summed E-state index contributed by atoms with van der Waals surface area (Å²) < 4.78 is 0. The van der Waals surface area contributed by atoms with Gasteiger partial charge in [0.05, 0.1) is 6.10 Å². The molecular weight excluding hydrogens is 200 g/mol. The third-order valence-electron chi connectivity index (χ3n) is 2.11. The van der Waals surface area contributed by atoms with Crippen LogP contribution >= 0.6 is 11.8 Å². The topological polar surface area (TPSA) is 61.4 Å². The number of thioether (sulfide) groups is 1. The monoisotopic (exact) mass is 218 g/mol. The highest BCUT2D eigenvalue weighted by Gasteiger charge is 2.15. The molecule has 82 valence electrons. The molecule has 0 spiro atoms. The number of nitrogens with one attached hydrogen (secondary N) is 2. The molecule has 1 atom stereocenters. The van der Waals surface area contributed by atoms with E-state index in [-0.39, 0.29) is 6.03 Å². The number of aliphatic hydroxyl groups excluding tert-OH is 1. The predicted molar refractivity (Wildman–Crippen MR) is 58.6 cm³/mol. The van der Waals surface area contributed by atoms with E-state index in [0.717, 1.165) is 24.3 Å². The van der Waals surface area contributed by atoms with Crippen LogP contribution < -0.4 is 10.6 Å². The Hall–Kier alpha value is -0.420. The van der Waals surface area contributed by atoms with Crippen LogP contribution in [-0.2, 0) is 0 Å². The highest BCUT2D eigenvalue weighted by atomic mass is 32.2. The molecule has 1 unspecified atom stereocenters. The van der Waals surface area contributed by atoms with Crippen LogP contribution in [0.3, 0.4) is 0 Å². The summed E-state index contributed by atoms with van der Waals surface area (Å²) in [7, 11) is 0. The second kappa shape index (κ2) is 6.14. The summed E-state index contributed by atoms with van der Waals surface area (Å²) >= 11 is 1.93. The van der Waals surface area contributed by atoms with Gasteiger partial charge >= 0.3 is 6.03 Å². The first kappa shape index (κ1) is 11.7. The number of urea groups is 1. The Labute approximate surface area is 88.8 Å². The maximum atomic E-state index is 11.3. The molecule has 5 heteroatoms. The second-order valence-electron chi connectivity index (χ2n) is 3.59. The fraction of sp³-hybridized carbons (Fsp3) is 0.889. The average Bonchev–Trinajstić information content (AvgIpc) is 2.16. The maximum Gasteiger partial charge on any atom is 0.315 e. The number of rotatable bonds is 3. The first-order valence-corrected chi connectivity index (χ1v) is 6.14. The van der Waals surface area contributed by atoms with Gasteiger partial charge in [0.15, 0.2) is 0 Å². The molecule has 2 amide bonds. The van der Waals surface area contributed by atoms with E-state index in [1.54, 1.807) is 6.92 Å². The Morgan fingerprint density at radius 2 is 2.21 bits per heavy atom. The van der Waals surface area contributed by atoms with E-state index >= 15 is 0 Å². The number of carbonyl (C=O) groups is 1. The Kier molecular flexibility index (Phi) is 5.11. The summed E-state index contributed by atoms with van der Waals surface area (Å²) in [6.45, 7) is 1.96. The number of amides is 2. The molecule has 0 bridgehead atoms. The lowest BCUT2D eigenvalue weighted by molar-refractivity contribution is 0.186. The third-order valence-corrected chi connectivity index (χ3v) is 3.16. The zero-order valence-corrected chi connectivity index (χ0v) is 9.27. The fourth-order valence-corrected chi connectivity index (χ4v) is 2.43. The van der Waals surface area contributed by atoms with Crippen LogP contribution in [0.25, 0.3) is 0 Å². The van der Waals surface area contributed by atoms with E-state index in [1.165, 1.54) is 0 Å². The number of carbonyl (C=O) groups excluding carboxylic acids is 1. The van der Waals surface area contributed by atoms with E-state index in [9.17, 15) is 4.79 Å². The molecule has 1 heterocycles. The zero-order chi connectivity index (χ0) is 10.4. The second-order valence-corrected chi connectivity index (χ2v) is 4.81. The molecule has 0 aromatic heterocycles. The normalized spacial score (nSPS) is 20.1. The van der Waals surface area contributed by atoms with Crippen molar-refractivity contribution in [3.63, 3.8) is 0 Å². The fourth-order valence-electron chi connectivity index (χ4n) is 1.32. The molecule has 0 saturated carbocycles. The van der Waals surface area contributed by atoms with Crippen molar-refractivity contribution in [2.24, 2.45) is 0 Å². The third kappa shape index (κ3) is 4.72. The van der Waals surface area contributed by atoms with Crippen LogP contribution in [0.2, 0.25) is 0 Å². The van der Waals surface area contributed by atoms with Gasteiger partial charge in [-0.3, -0.25) is 0 Å². The lowest BCUT2D eigenvalue weighted by atomic mass is 10.2. The first-order valence-electron chi connectivity index (χ1n) is 4.98. The molecule has 0 aromatic rings. The Balaban J connectivity index is 2.12. The smallest absolute Gasteiger partial charge is 0.315 e. The average molecular weight is 218 g/mol. The minimum Gasteiger partial charge on any atom is -0.392 e. The molecule has 1 fully saturated rings. The summed E-state index contributed by atoms with van der Waals surface area (Å²) in [6.07, 6.45) is 1.61. The molecule has 14 heavy (non-hydrogen) atoms. The Morgan fingerprint density at radius 3 is 2.79 bits per heavy atom. The van der Waals surface area contributed by atoms with Crippen molar-refractivity contribution in [1.29, 1.82) is 0 Å². The Morgan fingerprint density at radius 1 is 1.57 bits per heavy atom. The van der Waals surface area contributed by atoms with Gasteiger partial charge in [-0.05, 0) is 31.3 Å². The highest BCUT2D eigenvalue weighted by molar-refractivity contribution is 7.99. The summed E-state index contributed by atoms with van der Waals surface area (Å²) in [5.41, 5.74) is 0. The maximum absolute atomic E-state index is 11.3. The van der Waals surface area contributed by atoms with Crippen LogP contribution in [0, 0.1) is 0 Å². The van der Waals surface area contributed by atoms with Gasteiger partial charge in [0.25, 0.3) is 0 Å². The lowest BCUT2D eigenvalue weighted by Crippen LogP contribution is -2.45. The minimum atomic E-state index is -0.484. The van der Waals surface area contributed by atoms with E-state index < -0.39 is 6.10 Å². The first-order chi connectivity index (χ1) is 6.68. The van der Waals surface area contributed by atoms with Crippen molar-refractivity contribution in [2.45, 2.75) is 31.9 Å². The molecule has 3 N–H and O–H groups in total. The minimum absolute atomic E-state index is 0.164. The van der Waals surface area contributed by atoms with Gasteiger partial charge in [-0.1, -0.05) is 0 Å². The highest BCUT2D eigenvalue weighted by Crippen LogP contribution is 2.16. The van der Waals surface area contributed by atoms with E-state index in [0.29, 0.717) is 12.6 Å². The quantitative estimate of drug-likeness (QED) is 0.649. The van der Waals surface area contributed by atoms with Gasteiger partial charge < -0.3 is 15.7 Å². The van der Waals surface area contributed by atoms with Gasteiger partial charge in [-0.2, -0.15) is 11.8 Å². The largest absolute Gasteiger partial charge is 0.392 e. The van der Waals surface area contributed by atoms with E-state index in [1.807, 2.05) is 11.8 Å². The summed E-state index contributed by atoms with van der Waals surface area (Å²) in [6, 6.07) is 0.146. The van der Waals surface area contributed by atoms with E-state index in [2.05, 4.69) is 10.6 Å². The molecule has 1 saturated heterocycles. The summed E-state index contributed by atoms with van der Waals surface area (Å²) in [5, 5.41) is 14.5. The number of hydrogen-bond donors (Lipinski definition) is 3. The van der Waals surface area contributed by atoms with Crippen LogP contribution in [0.5, 0.6) is 0 Å². The van der Waals surface area contributed by atoms with Gasteiger partial charge in [0.1, 0.15) is 0 Å². The van der Waals surface area contributed by atoms with Gasteiger partial charge in [-0.25, -0.2) is 4.79 Å². The molecular formula is C9H18N2O2S.